The Bertz CT molecular complexity index is 5600. The lowest BCUT2D eigenvalue weighted by atomic mass is 9.83. The molecule has 0 aromatic heterocycles. The fourth-order valence-electron chi connectivity index (χ4n) is 16.1. The Hall–Kier alpha value is -11.4. The summed E-state index contributed by atoms with van der Waals surface area (Å²) in [6.07, 6.45) is 1.41. The number of benzene rings is 5. The van der Waals surface area contributed by atoms with Gasteiger partial charge in [0.15, 0.2) is 21.7 Å². The number of esters is 1. The van der Waals surface area contributed by atoms with Crippen LogP contribution in [0.3, 0.4) is 0 Å². The number of amides is 12. The van der Waals surface area contributed by atoms with E-state index in [1.807, 2.05) is 65.0 Å². The maximum atomic E-state index is 14.7. The normalized spacial score (nSPS) is 16.3. The number of hydrogen-bond acceptors (Lipinski definition) is 29. The lowest BCUT2D eigenvalue weighted by molar-refractivity contribution is -0.307. The number of phosphoric acid groups is 2. The van der Waals surface area contributed by atoms with Gasteiger partial charge in [0.2, 0.25) is 41.4 Å². The van der Waals surface area contributed by atoms with Crippen LogP contribution < -0.4 is 58.5 Å². The number of phosphoric ester groups is 2. The third-order valence-corrected chi connectivity index (χ3v) is 30.7. The van der Waals surface area contributed by atoms with E-state index in [4.69, 9.17) is 50.1 Å². The van der Waals surface area contributed by atoms with Crippen LogP contribution in [-0.2, 0) is 117 Å². The number of carbonyl (C=O) groups excluding carboxylic acids is 14. The molecule has 828 valence electrons. The summed E-state index contributed by atoms with van der Waals surface area (Å²) >= 11 is 7.59. The molecule has 150 heavy (non-hydrogen) atoms. The van der Waals surface area contributed by atoms with Gasteiger partial charge in [0, 0.05) is 103 Å². The summed E-state index contributed by atoms with van der Waals surface area (Å²) in [6.45, 7) is 21.7. The summed E-state index contributed by atoms with van der Waals surface area (Å²) in [5.41, 5.74) is 9.72. The number of Topliss-reactive ketones (excluding diaryl/α,β-unsaturated/α-hetero) is 1. The van der Waals surface area contributed by atoms with Crippen LogP contribution >= 0.6 is 39.0 Å². The average molecular weight is 2190 g/mol. The molecule has 1 saturated heterocycles. The van der Waals surface area contributed by atoms with Crippen molar-refractivity contribution in [3.8, 4) is 0 Å². The number of unbranched alkanes of at least 4 members (excludes halogenated alkanes) is 1. The standard InChI is InChI=1S/C103H147ClN12O30P2S2/c1-16-65(5)55-68(8)56-78(57-70(10)101(129)145-87-58-71(11)116(99(87)126)73(13)97(124)115(15)86(59-74-27-35-80(104)36-28-74)98(125)114(14)60-89(118)113-91(69(9)17-2)96(123)108-72(12)100(127)128)84(111-103(131)132)21-18-19-46-143-147(133,134)146-148(135,136)144-61-75-29-37-81(38-30-75)109-94(121)85(22-20-44-107-102(105)130)110-95(122)90(64(3)4)112-88(117)43-47-139-49-51-141-53-54-142-52-50-140-48-45-106-93(120)77-33-31-76(32-34-77)92(119)79(62-149-82-39-23-66(6)24-40-82)63-150(137,138)83-41-25-67(7)26-42-83/h16,23-42,57,64,68-69,71-73,78-79,84-87,90-91,111H,17-22,43-56,58-63H2,1-15H3,(H,106,120)(H,108,123)(H,109,121)(H,110,122)(H,112,117)(H,113,118)(H,127,128)(H,131,132)(H,133,134)(H,135,136)(H3,105,107,130)/p-2/b65-16+,70-57+/t68-,69?,71?,72-,73+,78?,79?,84?,85-,86-,87-,90-,91+/m1/s1. The lowest BCUT2D eigenvalue weighted by Gasteiger charge is -2.36. The van der Waals surface area contributed by atoms with Crippen LogP contribution in [0.2, 0.25) is 5.02 Å². The molecule has 47 heteroatoms. The van der Waals surface area contributed by atoms with Crippen LogP contribution in [0.25, 0.3) is 0 Å². The number of ether oxygens (including phenoxy) is 5. The van der Waals surface area contributed by atoms with Crippen LogP contribution in [0.1, 0.15) is 183 Å². The molecular weight excluding hydrogens is 2050 g/mol. The van der Waals surface area contributed by atoms with E-state index in [-0.39, 0.29) is 174 Å². The predicted octanol–water partition coefficient (Wildman–Crippen LogP) is 8.32. The number of urea groups is 1. The number of thioether (sulfide) groups is 1. The van der Waals surface area contributed by atoms with Gasteiger partial charge >= 0.3 is 27.6 Å². The molecule has 5 aromatic carbocycles. The van der Waals surface area contributed by atoms with Crippen molar-refractivity contribution >= 4 is 138 Å². The molecule has 1 fully saturated rings. The maximum absolute atomic E-state index is 14.7. The smallest absolute Gasteiger partial charge is 0.481 e. The number of allylic oxidation sites excluding steroid dienone is 2. The summed E-state index contributed by atoms with van der Waals surface area (Å²) in [7, 11) is -11.9. The topological polar surface area (TPSA) is 600 Å². The number of carboxylic acid groups (broad SMARTS) is 2. The van der Waals surface area contributed by atoms with Gasteiger partial charge in [-0.05, 0) is 196 Å². The van der Waals surface area contributed by atoms with E-state index >= 15 is 0 Å². The first-order valence-electron chi connectivity index (χ1n) is 49.6. The maximum Gasteiger partial charge on any atom is 0.481 e. The third kappa shape index (κ3) is 44.9. The number of carboxylic acids is 1. The number of hydrogen-bond donors (Lipinski definition) is 11. The van der Waals surface area contributed by atoms with Gasteiger partial charge in [-0.2, -0.15) is 4.31 Å². The molecule has 0 saturated carbocycles. The highest BCUT2D eigenvalue weighted by Crippen LogP contribution is 2.61. The first kappa shape index (κ1) is 127. The monoisotopic (exact) mass is 2190 g/mol. The van der Waals surface area contributed by atoms with Gasteiger partial charge in [0.05, 0.1) is 95.3 Å². The van der Waals surface area contributed by atoms with Crippen molar-refractivity contribution in [3.63, 3.8) is 0 Å². The summed E-state index contributed by atoms with van der Waals surface area (Å²) in [4.78, 5) is 213. The molecule has 5 aromatic rings. The SMILES string of the molecule is C/C=C(\C)C[C@@H](C)CC(/C=C(\C)C(=O)O[C@@H]1CC(C)N([C@@H](C)C(=O)N(C)[C@H](Cc2ccc(Cl)cc2)C(=O)N(C)CC(=O)N[C@H](C(=O)N[C@H](C)C(=O)[O-])C(C)CC)C1=O)C(CCCCOP(=O)(O)OP(=O)(O)OCc1ccc(NC(=O)[C@@H](CCCNC(N)=O)NC(=O)[C@H](NC(=O)CCOCCOCCOCCOCCNC(=O)c2ccc(C(=O)C(CSc3ccc(C)cc3)CS(=O)(=O)c3ccc(C)cc3)cc2)C(C)C)cc1)NC(=O)[O-]. The number of aryl methyl sites for hydroxylation is 2. The Labute approximate surface area is 885 Å². The van der Waals surface area contributed by atoms with Crippen molar-refractivity contribution in [3.05, 3.63) is 183 Å². The minimum atomic E-state index is -5.39. The number of likely N-dealkylation sites (tertiary alicyclic amines) is 1. The number of primary amides is 1. The summed E-state index contributed by atoms with van der Waals surface area (Å²) in [5.74, 6) is -11.8. The molecule has 7 unspecified atom stereocenters. The number of aliphatic carboxylic acids is 1. The third-order valence-electron chi connectivity index (χ3n) is 24.8. The molecule has 0 radical (unpaired) electrons. The zero-order chi connectivity index (χ0) is 111. The highest BCUT2D eigenvalue weighted by atomic mass is 35.5. The van der Waals surface area contributed by atoms with Gasteiger partial charge in [-0.1, -0.05) is 142 Å². The molecule has 1 heterocycles. The number of ketones is 1. The molecule has 0 aliphatic carbocycles. The Morgan fingerprint density at radius 1 is 0.653 bits per heavy atom. The van der Waals surface area contributed by atoms with Crippen molar-refractivity contribution in [2.75, 3.05) is 110 Å². The number of halogens is 1. The van der Waals surface area contributed by atoms with Crippen LogP contribution in [0.5, 0.6) is 0 Å². The molecule has 1 aliphatic heterocycles. The second-order valence-corrected chi connectivity index (χ2v) is 44.1. The number of sulfone groups is 1. The molecule has 6 rings (SSSR count). The molecule has 0 spiro atoms. The Morgan fingerprint density at radius 3 is 1.81 bits per heavy atom. The van der Waals surface area contributed by atoms with Crippen LogP contribution in [0, 0.1) is 43.4 Å². The van der Waals surface area contributed by atoms with Crippen molar-refractivity contribution in [1.29, 1.82) is 0 Å². The number of anilines is 1. The van der Waals surface area contributed by atoms with E-state index < -0.39 is 201 Å². The number of likely N-dealkylation sites (N-methyl/N-ethyl adjacent to an activating group) is 2. The van der Waals surface area contributed by atoms with Gasteiger partial charge in [-0.15, -0.1) is 11.8 Å². The van der Waals surface area contributed by atoms with Crippen LogP contribution in [-0.4, -0.2) is 275 Å². The fraction of sp³-hybridized carbons (Fsp3) is 0.534. The molecule has 42 nitrogen and oxygen atoms in total. The van der Waals surface area contributed by atoms with E-state index in [0.29, 0.717) is 29.0 Å². The van der Waals surface area contributed by atoms with Gasteiger partial charge < -0.3 is 116 Å². The highest BCUT2D eigenvalue weighted by molar-refractivity contribution is 7.99. The van der Waals surface area contributed by atoms with E-state index in [9.17, 15) is 105 Å². The van der Waals surface area contributed by atoms with E-state index in [1.54, 1.807) is 83.1 Å². The number of rotatable bonds is 68. The minimum Gasteiger partial charge on any atom is -0.548 e. The van der Waals surface area contributed by atoms with Crippen LogP contribution in [0.4, 0.5) is 15.3 Å². The zero-order valence-corrected chi connectivity index (χ0v) is 91.7. The Morgan fingerprint density at radius 2 is 1.23 bits per heavy atom. The van der Waals surface area contributed by atoms with Gasteiger partial charge in [0.25, 0.3) is 11.8 Å². The molecular formula is C103H145ClN12O30P2S2-2. The Kier molecular flexibility index (Phi) is 54.2. The number of nitrogens with one attached hydrogen (secondary N) is 8. The van der Waals surface area contributed by atoms with E-state index in [2.05, 4.69) is 46.8 Å². The molecule has 12 amide bonds. The molecule has 0 bridgehead atoms. The molecule has 12 N–H and O–H groups in total. The second-order valence-electron chi connectivity index (χ2n) is 37.5. The van der Waals surface area contributed by atoms with E-state index in [0.717, 1.165) is 31.4 Å². The molecule has 1 aliphatic rings. The summed E-state index contributed by atoms with van der Waals surface area (Å²) < 4.78 is 96.3. The first-order chi connectivity index (χ1) is 70.8. The summed E-state index contributed by atoms with van der Waals surface area (Å²) in [5, 5.41) is 44.8. The van der Waals surface area contributed by atoms with Gasteiger partial charge in [-0.3, -0.25) is 57.0 Å². The largest absolute Gasteiger partial charge is 0.548 e. The quantitative estimate of drug-likeness (QED) is 0.00331. The summed E-state index contributed by atoms with van der Waals surface area (Å²) in [6, 6.07) is 22.3. The van der Waals surface area contributed by atoms with E-state index in [1.165, 1.54) is 106 Å². The zero-order valence-electron chi connectivity index (χ0n) is 87.5. The first-order valence-corrected chi connectivity index (χ1v) is 55.6. The van der Waals surface area contributed by atoms with Crippen molar-refractivity contribution < 1.29 is 142 Å². The second kappa shape index (κ2) is 63.8. The number of nitrogens with zero attached hydrogens (tertiary/aromatic N) is 3. The lowest BCUT2D eigenvalue weighted by Crippen LogP contribution is -2.58. The average Bonchev–Trinajstić information content (AvgIpc) is 1.63. The predicted molar refractivity (Wildman–Crippen MR) is 557 cm³/mol. The highest BCUT2D eigenvalue weighted by Gasteiger charge is 2.47. The number of carbonyl (C=O) groups is 14. The van der Waals surface area contributed by atoms with Crippen LogP contribution in [0.15, 0.2) is 154 Å². The fourth-order valence-corrected chi connectivity index (χ4v) is 21.0. The van der Waals surface area contributed by atoms with Crippen molar-refractivity contribution in [2.24, 2.45) is 35.3 Å². The van der Waals surface area contributed by atoms with Gasteiger partial charge in [-0.25, -0.2) is 27.1 Å². The number of nitrogens with two attached hydrogens (primary N) is 1. The van der Waals surface area contributed by atoms with Crippen molar-refractivity contribution in [1.82, 2.24) is 51.9 Å². The minimum absolute atomic E-state index is 0.00593. The van der Waals surface area contributed by atoms with Gasteiger partial charge in [0.1, 0.15) is 36.3 Å². The van der Waals surface area contributed by atoms with Crippen molar-refractivity contribution in [2.45, 2.75) is 231 Å². The Balaban J connectivity index is 0.921. The molecule has 15 atom stereocenters.